The first-order valence-electron chi connectivity index (χ1n) is 6.21. The molecule has 112 valence electrons. The van der Waals surface area contributed by atoms with Crippen LogP contribution in [0.15, 0.2) is 29.6 Å². The lowest BCUT2D eigenvalue weighted by Gasteiger charge is -2.16. The third-order valence-electron chi connectivity index (χ3n) is 2.70. The molecule has 0 aliphatic heterocycles. The van der Waals surface area contributed by atoms with Gasteiger partial charge in [-0.3, -0.25) is 4.79 Å². The maximum absolute atomic E-state index is 11.3. The molecule has 21 heavy (non-hydrogen) atoms. The quantitative estimate of drug-likeness (QED) is 0.554. The van der Waals surface area contributed by atoms with Crippen LogP contribution in [0.1, 0.15) is 10.4 Å². The summed E-state index contributed by atoms with van der Waals surface area (Å²) in [7, 11) is 3.07. The lowest BCUT2D eigenvalue weighted by Crippen LogP contribution is -2.06. The van der Waals surface area contributed by atoms with Crippen molar-refractivity contribution in [2.75, 3.05) is 27.8 Å². The molecule has 1 aromatic heterocycles. The molecular formula is C15H16O5S. The Morgan fingerprint density at radius 1 is 1.10 bits per heavy atom. The Morgan fingerprint density at radius 3 is 2.48 bits per heavy atom. The number of ether oxygens (including phenoxy) is 4. The smallest absolute Gasteiger partial charge is 0.188 e. The molecule has 0 aliphatic rings. The maximum atomic E-state index is 11.3. The Bertz CT molecular complexity index is 580. The van der Waals surface area contributed by atoms with Crippen LogP contribution >= 0.6 is 11.3 Å². The Balaban J connectivity index is 2.53. The molecule has 0 spiro atoms. The largest absolute Gasteiger partial charge is 0.467 e. The van der Waals surface area contributed by atoms with Crippen LogP contribution in [-0.4, -0.2) is 34.1 Å². The molecule has 1 heterocycles. The van der Waals surface area contributed by atoms with Gasteiger partial charge in [0.1, 0.15) is 11.5 Å². The van der Waals surface area contributed by atoms with Crippen molar-refractivity contribution in [3.63, 3.8) is 0 Å². The molecule has 0 atom stereocenters. The SMILES string of the molecule is COCOc1ccc(C=O)c(OCOC)c1-c1cccs1. The highest BCUT2D eigenvalue weighted by molar-refractivity contribution is 7.13. The maximum Gasteiger partial charge on any atom is 0.188 e. The average molecular weight is 308 g/mol. The number of hydrogen-bond donors (Lipinski definition) is 0. The summed E-state index contributed by atoms with van der Waals surface area (Å²) in [6.07, 6.45) is 0.752. The third kappa shape index (κ3) is 3.60. The highest BCUT2D eigenvalue weighted by atomic mass is 32.1. The molecule has 0 N–H and O–H groups in total. The normalized spacial score (nSPS) is 10.4. The number of methoxy groups -OCH3 is 2. The van der Waals surface area contributed by atoms with E-state index in [-0.39, 0.29) is 13.6 Å². The van der Waals surface area contributed by atoms with Gasteiger partial charge < -0.3 is 18.9 Å². The fourth-order valence-electron chi connectivity index (χ4n) is 1.84. The van der Waals surface area contributed by atoms with E-state index in [2.05, 4.69) is 0 Å². The average Bonchev–Trinajstić information content (AvgIpc) is 3.04. The molecule has 0 unspecified atom stereocenters. The summed E-state index contributed by atoms with van der Waals surface area (Å²) in [6.45, 7) is 0.162. The first kappa shape index (κ1) is 15.5. The van der Waals surface area contributed by atoms with E-state index in [0.717, 1.165) is 16.7 Å². The molecule has 0 bridgehead atoms. The van der Waals surface area contributed by atoms with E-state index >= 15 is 0 Å². The summed E-state index contributed by atoms with van der Waals surface area (Å²) < 4.78 is 21.0. The van der Waals surface area contributed by atoms with Gasteiger partial charge in [0.15, 0.2) is 19.9 Å². The van der Waals surface area contributed by atoms with Crippen LogP contribution in [-0.2, 0) is 9.47 Å². The molecule has 0 radical (unpaired) electrons. The minimum atomic E-state index is 0.0486. The van der Waals surface area contributed by atoms with Crippen molar-refractivity contribution in [2.45, 2.75) is 0 Å². The summed E-state index contributed by atoms with van der Waals surface area (Å²) in [5.41, 5.74) is 1.17. The first-order valence-corrected chi connectivity index (χ1v) is 7.09. The van der Waals surface area contributed by atoms with Gasteiger partial charge in [-0.25, -0.2) is 0 Å². The van der Waals surface area contributed by atoms with Crippen molar-refractivity contribution >= 4 is 17.6 Å². The number of aldehydes is 1. The zero-order valence-corrected chi connectivity index (χ0v) is 12.6. The van der Waals surface area contributed by atoms with Crippen molar-refractivity contribution in [1.82, 2.24) is 0 Å². The Labute approximate surface area is 127 Å². The summed E-state index contributed by atoms with van der Waals surface area (Å²) in [6, 6.07) is 7.25. The van der Waals surface area contributed by atoms with E-state index in [9.17, 15) is 4.79 Å². The van der Waals surface area contributed by atoms with Gasteiger partial charge in [-0.1, -0.05) is 6.07 Å². The van der Waals surface area contributed by atoms with E-state index < -0.39 is 0 Å². The minimum Gasteiger partial charge on any atom is -0.467 e. The number of thiophene rings is 1. The predicted octanol–water partition coefficient (Wildman–Crippen LogP) is 3.19. The Kier molecular flexibility index (Phi) is 5.74. The van der Waals surface area contributed by atoms with Crippen LogP contribution in [0.3, 0.4) is 0 Å². The third-order valence-corrected chi connectivity index (χ3v) is 3.59. The van der Waals surface area contributed by atoms with Crippen LogP contribution in [0.4, 0.5) is 0 Å². The van der Waals surface area contributed by atoms with Crippen molar-refractivity contribution < 1.29 is 23.7 Å². The van der Waals surface area contributed by atoms with E-state index in [4.69, 9.17) is 18.9 Å². The van der Waals surface area contributed by atoms with Crippen molar-refractivity contribution in [3.05, 3.63) is 35.2 Å². The molecule has 0 amide bonds. The van der Waals surface area contributed by atoms with Crippen LogP contribution in [0, 0.1) is 0 Å². The molecule has 0 saturated heterocycles. The highest BCUT2D eigenvalue weighted by Crippen LogP contribution is 2.42. The summed E-state index contributed by atoms with van der Waals surface area (Å²) >= 11 is 1.53. The molecule has 0 aliphatic carbocycles. The van der Waals surface area contributed by atoms with Crippen molar-refractivity contribution in [1.29, 1.82) is 0 Å². The molecule has 2 aromatic rings. The second-order valence-electron chi connectivity index (χ2n) is 4.05. The Morgan fingerprint density at radius 2 is 1.86 bits per heavy atom. The second kappa shape index (κ2) is 7.78. The van der Waals surface area contributed by atoms with Crippen LogP contribution in [0.2, 0.25) is 0 Å². The van der Waals surface area contributed by atoms with Gasteiger partial charge in [0, 0.05) is 19.1 Å². The summed E-state index contributed by atoms with van der Waals surface area (Å²) in [4.78, 5) is 12.2. The van der Waals surface area contributed by atoms with E-state index in [0.29, 0.717) is 17.1 Å². The molecule has 0 saturated carbocycles. The van der Waals surface area contributed by atoms with Gasteiger partial charge >= 0.3 is 0 Å². The van der Waals surface area contributed by atoms with Gasteiger partial charge in [-0.2, -0.15) is 0 Å². The number of carbonyl (C=O) groups is 1. The van der Waals surface area contributed by atoms with Crippen LogP contribution in [0.5, 0.6) is 11.5 Å². The minimum absolute atomic E-state index is 0.0486. The molecule has 1 aromatic carbocycles. The number of benzene rings is 1. The van der Waals surface area contributed by atoms with Gasteiger partial charge in [0.25, 0.3) is 0 Å². The van der Waals surface area contributed by atoms with Gasteiger partial charge in [-0.15, -0.1) is 11.3 Å². The molecular weight excluding hydrogens is 292 g/mol. The van der Waals surface area contributed by atoms with Crippen molar-refractivity contribution in [3.8, 4) is 21.9 Å². The molecule has 2 rings (SSSR count). The Hall–Kier alpha value is -1.89. The van der Waals surface area contributed by atoms with Gasteiger partial charge in [0.2, 0.25) is 0 Å². The van der Waals surface area contributed by atoms with Gasteiger partial charge in [0.05, 0.1) is 11.1 Å². The van der Waals surface area contributed by atoms with Crippen molar-refractivity contribution in [2.24, 2.45) is 0 Å². The van der Waals surface area contributed by atoms with Gasteiger partial charge in [-0.05, 0) is 23.6 Å². The van der Waals surface area contributed by atoms with Crippen LogP contribution in [0.25, 0.3) is 10.4 Å². The lowest BCUT2D eigenvalue weighted by atomic mass is 10.1. The van der Waals surface area contributed by atoms with E-state index in [1.165, 1.54) is 18.4 Å². The monoisotopic (exact) mass is 308 g/mol. The molecule has 5 nitrogen and oxygen atoms in total. The summed E-state index contributed by atoms with van der Waals surface area (Å²) in [5.74, 6) is 1.04. The fourth-order valence-corrected chi connectivity index (χ4v) is 2.62. The number of hydrogen-bond acceptors (Lipinski definition) is 6. The standard InChI is InChI=1S/C15H16O5S/c1-17-9-19-12-6-5-11(8-16)15(20-10-18-2)14(12)13-4-3-7-21-13/h3-8H,9-10H2,1-2H3. The fraction of sp³-hybridized carbons (Fsp3) is 0.267. The zero-order valence-electron chi connectivity index (χ0n) is 11.8. The van der Waals surface area contributed by atoms with E-state index in [1.54, 1.807) is 19.2 Å². The van der Waals surface area contributed by atoms with Crippen LogP contribution < -0.4 is 9.47 Å². The predicted molar refractivity (Wildman–Crippen MR) is 80.2 cm³/mol. The zero-order chi connectivity index (χ0) is 15.1. The topological polar surface area (TPSA) is 54.0 Å². The molecule has 0 fully saturated rings. The highest BCUT2D eigenvalue weighted by Gasteiger charge is 2.18. The first-order chi connectivity index (χ1) is 10.3. The second-order valence-corrected chi connectivity index (χ2v) is 5.00. The summed E-state index contributed by atoms with van der Waals surface area (Å²) in [5, 5.41) is 1.95. The number of carbonyl (C=O) groups excluding carboxylic acids is 1. The van der Waals surface area contributed by atoms with E-state index in [1.807, 2.05) is 17.5 Å². The number of rotatable bonds is 8. The lowest BCUT2D eigenvalue weighted by molar-refractivity contribution is 0.0465. The molecule has 6 heteroatoms.